The summed E-state index contributed by atoms with van der Waals surface area (Å²) in [6.07, 6.45) is 1.63. The number of nitrogens with one attached hydrogen (secondary N) is 1. The van der Waals surface area contributed by atoms with E-state index < -0.39 is 0 Å². The second-order valence-electron chi connectivity index (χ2n) is 7.55. The Bertz CT molecular complexity index is 758. The van der Waals surface area contributed by atoms with Gasteiger partial charge in [-0.15, -0.1) is 24.0 Å². The number of piperazine rings is 1. The van der Waals surface area contributed by atoms with Crippen molar-refractivity contribution in [2.24, 2.45) is 4.99 Å². The van der Waals surface area contributed by atoms with Gasteiger partial charge >= 0.3 is 0 Å². The van der Waals surface area contributed by atoms with Gasteiger partial charge in [-0.05, 0) is 17.7 Å². The highest BCUT2D eigenvalue weighted by Gasteiger charge is 2.24. The van der Waals surface area contributed by atoms with E-state index in [4.69, 9.17) is 4.52 Å². The minimum atomic E-state index is 0. The van der Waals surface area contributed by atoms with Crippen molar-refractivity contribution in [3.63, 3.8) is 0 Å². The Hall–Kier alpha value is -1.13. The molecule has 1 aliphatic rings. The van der Waals surface area contributed by atoms with Gasteiger partial charge in [-0.25, -0.2) is 0 Å². The van der Waals surface area contributed by atoms with Crippen molar-refractivity contribution >= 4 is 45.9 Å². The van der Waals surface area contributed by atoms with Crippen molar-refractivity contribution in [2.75, 3.05) is 39.8 Å². The molecular weight excluding hydrogens is 533 g/mol. The zero-order valence-corrected chi connectivity index (χ0v) is 20.6. The van der Waals surface area contributed by atoms with E-state index in [1.54, 1.807) is 6.26 Å². The first-order valence-electron chi connectivity index (χ1n) is 9.31. The zero-order chi connectivity index (χ0) is 19.3. The second-order valence-corrected chi connectivity index (χ2v) is 8.46. The van der Waals surface area contributed by atoms with Gasteiger partial charge in [0.2, 0.25) is 0 Å². The molecular formula is C20H29BrIN5O. The van der Waals surface area contributed by atoms with Crippen molar-refractivity contribution in [1.82, 2.24) is 20.3 Å². The van der Waals surface area contributed by atoms with Crippen LogP contribution in [0.4, 0.5) is 0 Å². The number of halogens is 2. The maximum Gasteiger partial charge on any atom is 0.193 e. The molecule has 0 unspecified atom stereocenters. The molecule has 1 aromatic heterocycles. The number of benzene rings is 1. The molecule has 0 spiro atoms. The lowest BCUT2D eigenvalue weighted by molar-refractivity contribution is 0.168. The van der Waals surface area contributed by atoms with Crippen LogP contribution in [0.2, 0.25) is 0 Å². The predicted molar refractivity (Wildman–Crippen MR) is 127 cm³/mol. The minimum Gasteiger partial charge on any atom is -0.364 e. The molecule has 1 fully saturated rings. The molecule has 1 aliphatic heterocycles. The smallest absolute Gasteiger partial charge is 0.193 e. The molecule has 154 valence electrons. The van der Waals surface area contributed by atoms with Gasteiger partial charge in [0, 0.05) is 62.3 Å². The molecule has 0 aliphatic carbocycles. The lowest BCUT2D eigenvalue weighted by atomic mass is 9.85. The highest BCUT2D eigenvalue weighted by Crippen LogP contribution is 2.25. The third-order valence-corrected chi connectivity index (χ3v) is 5.55. The van der Waals surface area contributed by atoms with Crippen LogP contribution in [0.5, 0.6) is 0 Å². The summed E-state index contributed by atoms with van der Waals surface area (Å²) in [4.78, 5) is 9.23. The third-order valence-electron chi connectivity index (χ3n) is 5.06. The fraction of sp³-hybridized carbons (Fsp3) is 0.500. The summed E-state index contributed by atoms with van der Waals surface area (Å²) < 4.78 is 6.03. The maximum atomic E-state index is 4.92. The number of aromatic nitrogens is 1. The van der Waals surface area contributed by atoms with Crippen molar-refractivity contribution in [3.05, 3.63) is 52.3 Å². The number of nitrogens with zero attached hydrogens (tertiary/aromatic N) is 4. The van der Waals surface area contributed by atoms with E-state index in [9.17, 15) is 0 Å². The quantitative estimate of drug-likeness (QED) is 0.342. The van der Waals surface area contributed by atoms with Gasteiger partial charge < -0.3 is 14.7 Å². The Morgan fingerprint density at radius 1 is 1.25 bits per heavy atom. The number of hydrogen-bond acceptors (Lipinski definition) is 4. The van der Waals surface area contributed by atoms with E-state index in [0.29, 0.717) is 0 Å². The van der Waals surface area contributed by atoms with Gasteiger partial charge in [0.25, 0.3) is 0 Å². The number of guanidine groups is 1. The lowest BCUT2D eigenvalue weighted by Gasteiger charge is -2.37. The standard InChI is InChI=1S/C20H28BrN5O.HI/c1-20(2,16-5-4-6-17(21)13-16)15-23-19(22-3)26-10-8-25(9-11-26)14-18-7-12-27-24-18;/h4-7,12-13H,8-11,14-15H2,1-3H3,(H,22,23);1H. The fourth-order valence-corrected chi connectivity index (χ4v) is 3.71. The molecule has 1 aromatic carbocycles. The first-order chi connectivity index (χ1) is 13.0. The summed E-state index contributed by atoms with van der Waals surface area (Å²) in [5.41, 5.74) is 2.30. The number of aliphatic imine (C=N–C) groups is 1. The summed E-state index contributed by atoms with van der Waals surface area (Å²) in [5.74, 6) is 0.971. The van der Waals surface area contributed by atoms with Gasteiger partial charge in [-0.2, -0.15) is 0 Å². The van der Waals surface area contributed by atoms with Gasteiger partial charge in [-0.1, -0.05) is 47.1 Å². The molecule has 3 rings (SSSR count). The highest BCUT2D eigenvalue weighted by atomic mass is 127. The van der Waals surface area contributed by atoms with Gasteiger partial charge in [-0.3, -0.25) is 9.89 Å². The molecule has 2 aromatic rings. The summed E-state index contributed by atoms with van der Waals surface area (Å²) in [6, 6.07) is 10.4. The average Bonchev–Trinajstić information content (AvgIpc) is 3.16. The topological polar surface area (TPSA) is 56.9 Å². The van der Waals surface area contributed by atoms with Gasteiger partial charge in [0.1, 0.15) is 6.26 Å². The van der Waals surface area contributed by atoms with E-state index in [0.717, 1.165) is 55.4 Å². The Morgan fingerprint density at radius 2 is 2.00 bits per heavy atom. The summed E-state index contributed by atoms with van der Waals surface area (Å²) in [7, 11) is 1.86. The molecule has 1 saturated heterocycles. The molecule has 0 saturated carbocycles. The van der Waals surface area contributed by atoms with Crippen LogP contribution in [0.25, 0.3) is 0 Å². The van der Waals surface area contributed by atoms with Crippen LogP contribution in [0.15, 0.2) is 50.6 Å². The van der Waals surface area contributed by atoms with Crippen LogP contribution in [0.1, 0.15) is 25.1 Å². The van der Waals surface area contributed by atoms with Gasteiger partial charge in [0.15, 0.2) is 5.96 Å². The van der Waals surface area contributed by atoms with E-state index in [1.807, 2.05) is 13.1 Å². The van der Waals surface area contributed by atoms with Crippen LogP contribution in [0.3, 0.4) is 0 Å². The Balaban J connectivity index is 0.00000280. The molecule has 1 N–H and O–H groups in total. The first-order valence-corrected chi connectivity index (χ1v) is 10.1. The number of rotatable bonds is 5. The molecule has 6 nitrogen and oxygen atoms in total. The minimum absolute atomic E-state index is 0. The van der Waals surface area contributed by atoms with Crippen LogP contribution >= 0.6 is 39.9 Å². The lowest BCUT2D eigenvalue weighted by Crippen LogP contribution is -2.53. The monoisotopic (exact) mass is 561 g/mol. The van der Waals surface area contributed by atoms with E-state index >= 15 is 0 Å². The molecule has 0 amide bonds. The van der Waals surface area contributed by atoms with Crippen molar-refractivity contribution in [3.8, 4) is 0 Å². The molecule has 0 atom stereocenters. The first kappa shape index (κ1) is 23.2. The Kier molecular flexibility index (Phi) is 8.76. The van der Waals surface area contributed by atoms with Gasteiger partial charge in [0.05, 0.1) is 5.69 Å². The average molecular weight is 562 g/mol. The Morgan fingerprint density at radius 3 is 2.61 bits per heavy atom. The summed E-state index contributed by atoms with van der Waals surface area (Å²) in [5, 5.41) is 7.57. The predicted octanol–water partition coefficient (Wildman–Crippen LogP) is 3.73. The maximum absolute atomic E-state index is 4.92. The normalized spacial score (nSPS) is 16.0. The van der Waals surface area contributed by atoms with Crippen LogP contribution in [-0.2, 0) is 12.0 Å². The molecule has 28 heavy (non-hydrogen) atoms. The SMILES string of the molecule is CN=C(NCC(C)(C)c1cccc(Br)c1)N1CCN(Cc2ccon2)CC1.I. The van der Waals surface area contributed by atoms with Crippen molar-refractivity contribution in [2.45, 2.75) is 25.8 Å². The van der Waals surface area contributed by atoms with Crippen LogP contribution in [-0.4, -0.2) is 60.7 Å². The van der Waals surface area contributed by atoms with Crippen molar-refractivity contribution < 1.29 is 4.52 Å². The van der Waals surface area contributed by atoms with Crippen molar-refractivity contribution in [1.29, 1.82) is 0 Å². The summed E-state index contributed by atoms with van der Waals surface area (Å²) >= 11 is 3.57. The largest absolute Gasteiger partial charge is 0.364 e. The molecule has 8 heteroatoms. The van der Waals surface area contributed by atoms with Crippen LogP contribution < -0.4 is 5.32 Å². The Labute approximate surface area is 192 Å². The highest BCUT2D eigenvalue weighted by molar-refractivity contribution is 14.0. The molecule has 0 bridgehead atoms. The van der Waals surface area contributed by atoms with Crippen LogP contribution in [0, 0.1) is 0 Å². The molecule has 0 radical (unpaired) electrons. The molecule has 2 heterocycles. The zero-order valence-electron chi connectivity index (χ0n) is 16.7. The van der Waals surface area contributed by atoms with E-state index in [2.05, 4.69) is 79.3 Å². The van der Waals surface area contributed by atoms with E-state index in [1.165, 1.54) is 5.56 Å². The fourth-order valence-electron chi connectivity index (χ4n) is 3.31. The summed E-state index contributed by atoms with van der Waals surface area (Å²) in [6.45, 7) is 10.1. The van der Waals surface area contributed by atoms with E-state index in [-0.39, 0.29) is 29.4 Å². The third kappa shape index (κ3) is 6.18. The number of hydrogen-bond donors (Lipinski definition) is 1. The second kappa shape index (κ2) is 10.6.